The van der Waals surface area contributed by atoms with Crippen molar-refractivity contribution in [1.82, 2.24) is 4.98 Å². The highest BCUT2D eigenvalue weighted by atomic mass is 16.6. The van der Waals surface area contributed by atoms with Crippen molar-refractivity contribution in [3.8, 4) is 0 Å². The number of aromatic nitrogens is 1. The van der Waals surface area contributed by atoms with Gasteiger partial charge < -0.3 is 10.6 Å². The van der Waals surface area contributed by atoms with Crippen LogP contribution in [0.3, 0.4) is 0 Å². The summed E-state index contributed by atoms with van der Waals surface area (Å²) in [6.07, 6.45) is 5.11. The maximum absolute atomic E-state index is 11.0. The molecule has 2 aliphatic carbocycles. The van der Waals surface area contributed by atoms with Gasteiger partial charge >= 0.3 is 5.69 Å². The fourth-order valence-corrected chi connectivity index (χ4v) is 2.71. The molecule has 1 aromatic rings. The Kier molecular flexibility index (Phi) is 2.80. The number of nitrogens with zero attached hydrogens (tertiary/aromatic N) is 2. The smallest absolute Gasteiger partial charge is 0.311 e. The first kappa shape index (κ1) is 12.2. The van der Waals surface area contributed by atoms with E-state index >= 15 is 0 Å². The number of rotatable bonds is 6. The van der Waals surface area contributed by atoms with Gasteiger partial charge in [-0.05, 0) is 43.1 Å². The summed E-state index contributed by atoms with van der Waals surface area (Å²) >= 11 is 0. The maximum atomic E-state index is 11.0. The summed E-state index contributed by atoms with van der Waals surface area (Å²) in [7, 11) is 1.75. The molecule has 0 spiro atoms. The van der Waals surface area contributed by atoms with Gasteiger partial charge in [-0.1, -0.05) is 0 Å². The third-order valence-corrected chi connectivity index (χ3v) is 4.27. The lowest BCUT2D eigenvalue weighted by atomic mass is 10.0. The van der Waals surface area contributed by atoms with E-state index < -0.39 is 0 Å². The summed E-state index contributed by atoms with van der Waals surface area (Å²) in [5, 5.41) is 17.1. The Hall–Kier alpha value is -1.85. The predicted molar refractivity (Wildman–Crippen MR) is 73.3 cm³/mol. The molecule has 0 unspecified atom stereocenters. The normalized spacial score (nSPS) is 19.8. The van der Waals surface area contributed by atoms with Crippen LogP contribution in [0.2, 0.25) is 0 Å². The number of hydrogen-bond donors (Lipinski definition) is 2. The third-order valence-electron chi connectivity index (χ3n) is 4.27. The molecule has 2 N–H and O–H groups in total. The van der Waals surface area contributed by atoms with Crippen molar-refractivity contribution >= 4 is 17.3 Å². The van der Waals surface area contributed by atoms with Gasteiger partial charge in [0.25, 0.3) is 0 Å². The van der Waals surface area contributed by atoms with Crippen molar-refractivity contribution in [3.63, 3.8) is 0 Å². The summed E-state index contributed by atoms with van der Waals surface area (Å²) in [4.78, 5) is 14.9. The molecule has 0 aliphatic heterocycles. The van der Waals surface area contributed by atoms with Crippen molar-refractivity contribution in [1.29, 1.82) is 0 Å². The molecule has 19 heavy (non-hydrogen) atoms. The Balaban J connectivity index is 1.76. The van der Waals surface area contributed by atoms with Crippen LogP contribution in [0.5, 0.6) is 0 Å². The molecule has 2 aliphatic rings. The van der Waals surface area contributed by atoms with Crippen LogP contribution in [0.4, 0.5) is 17.3 Å². The molecule has 0 atom stereocenters. The quantitative estimate of drug-likeness (QED) is 0.608. The average molecular weight is 262 g/mol. The van der Waals surface area contributed by atoms with Gasteiger partial charge in [0, 0.05) is 19.7 Å². The first-order valence-corrected chi connectivity index (χ1v) is 6.72. The van der Waals surface area contributed by atoms with Crippen molar-refractivity contribution in [2.24, 2.45) is 11.3 Å². The molecule has 1 aromatic heterocycles. The van der Waals surface area contributed by atoms with Crippen LogP contribution >= 0.6 is 0 Å². The minimum absolute atomic E-state index is 0.0468. The molecule has 3 rings (SSSR count). The van der Waals surface area contributed by atoms with Gasteiger partial charge in [0.15, 0.2) is 0 Å². The molecular weight excluding hydrogens is 244 g/mol. The first-order valence-electron chi connectivity index (χ1n) is 6.72. The molecule has 0 radical (unpaired) electrons. The second-order valence-electron chi connectivity index (χ2n) is 5.56. The zero-order valence-corrected chi connectivity index (χ0v) is 11.0. The van der Waals surface area contributed by atoms with Crippen LogP contribution in [-0.2, 0) is 0 Å². The molecule has 6 nitrogen and oxygen atoms in total. The van der Waals surface area contributed by atoms with Crippen molar-refractivity contribution in [3.05, 3.63) is 22.2 Å². The lowest BCUT2D eigenvalue weighted by molar-refractivity contribution is -0.384. The Bertz CT molecular complexity index is 509. The van der Waals surface area contributed by atoms with E-state index in [-0.39, 0.29) is 10.6 Å². The number of hydrogen-bond acceptors (Lipinski definition) is 5. The zero-order chi connectivity index (χ0) is 13.5. The van der Waals surface area contributed by atoms with Crippen LogP contribution in [0, 0.1) is 21.4 Å². The second-order valence-corrected chi connectivity index (χ2v) is 5.56. The molecular formula is C13H18N4O2. The summed E-state index contributed by atoms with van der Waals surface area (Å²) in [5.41, 5.74) is 0.441. The molecule has 1 heterocycles. The molecule has 0 amide bonds. The van der Waals surface area contributed by atoms with Crippen LogP contribution in [0.15, 0.2) is 12.1 Å². The summed E-state index contributed by atoms with van der Waals surface area (Å²) in [6.45, 7) is 0.804. The Morgan fingerprint density at radius 2 is 2.21 bits per heavy atom. The topological polar surface area (TPSA) is 80.1 Å². The monoisotopic (exact) mass is 262 g/mol. The fraction of sp³-hybridized carbons (Fsp3) is 0.615. The van der Waals surface area contributed by atoms with Gasteiger partial charge in [-0.3, -0.25) is 10.1 Å². The highest BCUT2D eigenvalue weighted by Crippen LogP contribution is 2.61. The van der Waals surface area contributed by atoms with Gasteiger partial charge in [0.2, 0.25) is 5.82 Å². The van der Waals surface area contributed by atoms with E-state index in [9.17, 15) is 10.1 Å². The highest BCUT2D eigenvalue weighted by molar-refractivity contribution is 5.60. The molecule has 6 heteroatoms. The van der Waals surface area contributed by atoms with Crippen LogP contribution in [-0.4, -0.2) is 23.5 Å². The van der Waals surface area contributed by atoms with E-state index in [1.54, 1.807) is 13.1 Å². The van der Waals surface area contributed by atoms with Crippen molar-refractivity contribution < 1.29 is 4.92 Å². The fourth-order valence-electron chi connectivity index (χ4n) is 2.71. The van der Waals surface area contributed by atoms with E-state index in [2.05, 4.69) is 15.6 Å². The van der Waals surface area contributed by atoms with Crippen LogP contribution < -0.4 is 10.6 Å². The van der Waals surface area contributed by atoms with E-state index in [1.165, 1.54) is 31.7 Å². The maximum Gasteiger partial charge on any atom is 0.311 e. The van der Waals surface area contributed by atoms with Gasteiger partial charge in [0.05, 0.1) is 4.92 Å². The zero-order valence-electron chi connectivity index (χ0n) is 11.0. The van der Waals surface area contributed by atoms with Gasteiger partial charge in [-0.2, -0.15) is 0 Å². The van der Waals surface area contributed by atoms with E-state index in [0.29, 0.717) is 17.1 Å². The second kappa shape index (κ2) is 4.36. The molecule has 0 saturated heterocycles. The van der Waals surface area contributed by atoms with E-state index in [1.807, 2.05) is 0 Å². The van der Waals surface area contributed by atoms with Crippen LogP contribution in [0.1, 0.15) is 25.7 Å². The molecule has 102 valence electrons. The lowest BCUT2D eigenvalue weighted by Gasteiger charge is -2.15. The van der Waals surface area contributed by atoms with E-state index in [4.69, 9.17) is 0 Å². The third kappa shape index (κ3) is 2.34. The van der Waals surface area contributed by atoms with Gasteiger partial charge in [-0.25, -0.2) is 4.98 Å². The van der Waals surface area contributed by atoms with Gasteiger partial charge in [-0.15, -0.1) is 0 Å². The lowest BCUT2D eigenvalue weighted by Crippen LogP contribution is -2.18. The molecule has 0 aromatic carbocycles. The Labute approximate surface area is 111 Å². The van der Waals surface area contributed by atoms with Crippen molar-refractivity contribution in [2.45, 2.75) is 25.7 Å². The SMILES string of the molecule is CNc1ccc([N+](=O)[O-])c(NCC2(C3CC3)CC2)n1. The largest absolute Gasteiger partial charge is 0.373 e. The summed E-state index contributed by atoms with van der Waals surface area (Å²) in [6, 6.07) is 3.12. The van der Waals surface area contributed by atoms with E-state index in [0.717, 1.165) is 12.5 Å². The standard InChI is InChI=1S/C13H18N4O2/c1-14-11-5-4-10(17(18)19)12(16-11)15-8-13(6-7-13)9-2-3-9/h4-5,9H,2-3,6-8H2,1H3,(H2,14,15,16). The number of anilines is 2. The van der Waals surface area contributed by atoms with Crippen molar-refractivity contribution in [2.75, 3.05) is 24.2 Å². The average Bonchev–Trinajstić information content (AvgIpc) is 3.28. The number of nitrogens with one attached hydrogen (secondary N) is 2. The molecule has 2 saturated carbocycles. The Morgan fingerprint density at radius 3 is 2.74 bits per heavy atom. The minimum atomic E-state index is -0.383. The number of pyridine rings is 1. The minimum Gasteiger partial charge on any atom is -0.373 e. The summed E-state index contributed by atoms with van der Waals surface area (Å²) < 4.78 is 0. The Morgan fingerprint density at radius 1 is 1.47 bits per heavy atom. The van der Waals surface area contributed by atoms with Crippen LogP contribution in [0.25, 0.3) is 0 Å². The molecule has 0 bridgehead atoms. The highest BCUT2D eigenvalue weighted by Gasteiger charge is 2.53. The van der Waals surface area contributed by atoms with Gasteiger partial charge in [0.1, 0.15) is 5.82 Å². The first-order chi connectivity index (χ1) is 9.14. The summed E-state index contributed by atoms with van der Waals surface area (Å²) in [5.74, 6) is 1.85. The predicted octanol–water partition coefficient (Wildman–Crippen LogP) is 2.63. The number of nitro groups is 1. The molecule has 2 fully saturated rings.